The molecule has 1 heterocycles. The van der Waals surface area contributed by atoms with Gasteiger partial charge < -0.3 is 9.84 Å². The van der Waals surface area contributed by atoms with E-state index in [0.717, 1.165) is 7.11 Å². The number of alkyl halides is 3. The van der Waals surface area contributed by atoms with E-state index >= 15 is 0 Å². The summed E-state index contributed by atoms with van der Waals surface area (Å²) in [6.45, 7) is 0. The maximum absolute atomic E-state index is 12.3. The number of aromatic nitrogens is 1. The number of pyridine rings is 1. The van der Waals surface area contributed by atoms with E-state index in [1.54, 1.807) is 0 Å². The lowest BCUT2D eigenvalue weighted by Gasteiger charge is -2.08. The van der Waals surface area contributed by atoms with Gasteiger partial charge in [-0.05, 0) is 12.1 Å². The lowest BCUT2D eigenvalue weighted by atomic mass is 10.1. The van der Waals surface area contributed by atoms with Crippen LogP contribution in [0.2, 0.25) is 0 Å². The normalized spacial score (nSPS) is 11.1. The molecule has 0 aliphatic carbocycles. The minimum absolute atomic E-state index is 0.513. The number of nitrogens with zero attached hydrogens (tertiary/aromatic N) is 1. The molecule has 0 bridgehead atoms. The number of carbonyl (C=O) groups excluding carboxylic acids is 1. The van der Waals surface area contributed by atoms with Gasteiger partial charge in [-0.2, -0.15) is 13.2 Å². The summed E-state index contributed by atoms with van der Waals surface area (Å²) in [7, 11) is 0.978. The van der Waals surface area contributed by atoms with Gasteiger partial charge in [0.25, 0.3) is 0 Å². The number of carbonyl (C=O) groups is 2. The Morgan fingerprint density at radius 1 is 1.35 bits per heavy atom. The third kappa shape index (κ3) is 2.71. The van der Waals surface area contributed by atoms with Crippen molar-refractivity contribution in [2.24, 2.45) is 0 Å². The molecule has 0 amide bonds. The van der Waals surface area contributed by atoms with E-state index in [2.05, 4.69) is 9.72 Å². The van der Waals surface area contributed by atoms with Crippen LogP contribution in [0, 0.1) is 0 Å². The molecular weight excluding hydrogens is 243 g/mol. The fraction of sp³-hybridized carbons (Fsp3) is 0.222. The number of rotatable bonds is 2. The third-order valence-electron chi connectivity index (χ3n) is 1.79. The van der Waals surface area contributed by atoms with E-state index in [1.165, 1.54) is 0 Å². The number of hydrogen-bond donors (Lipinski definition) is 1. The SMILES string of the molecule is COC(=O)c1ccc(C(F)(F)F)nc1C(=O)O. The number of halogens is 3. The Bertz CT molecular complexity index is 470. The van der Waals surface area contributed by atoms with Crippen molar-refractivity contribution in [1.29, 1.82) is 0 Å². The maximum atomic E-state index is 12.3. The van der Waals surface area contributed by atoms with E-state index in [-0.39, 0.29) is 0 Å². The number of aromatic carboxylic acids is 1. The summed E-state index contributed by atoms with van der Waals surface area (Å²) in [5.74, 6) is -2.81. The number of hydrogen-bond acceptors (Lipinski definition) is 4. The van der Waals surface area contributed by atoms with Gasteiger partial charge in [0.2, 0.25) is 0 Å². The second-order valence-electron chi connectivity index (χ2n) is 2.89. The van der Waals surface area contributed by atoms with Crippen molar-refractivity contribution in [3.8, 4) is 0 Å². The van der Waals surface area contributed by atoms with E-state index < -0.39 is 35.1 Å². The molecule has 0 saturated heterocycles. The van der Waals surface area contributed by atoms with Crippen molar-refractivity contribution in [2.45, 2.75) is 6.18 Å². The minimum atomic E-state index is -4.78. The van der Waals surface area contributed by atoms with Gasteiger partial charge in [-0.3, -0.25) is 0 Å². The van der Waals surface area contributed by atoms with E-state index in [9.17, 15) is 22.8 Å². The number of ether oxygens (including phenoxy) is 1. The molecule has 0 unspecified atom stereocenters. The van der Waals surface area contributed by atoms with E-state index in [1.807, 2.05) is 0 Å². The first-order chi connectivity index (χ1) is 7.77. The minimum Gasteiger partial charge on any atom is -0.476 e. The molecule has 92 valence electrons. The third-order valence-corrected chi connectivity index (χ3v) is 1.79. The van der Waals surface area contributed by atoms with Crippen molar-refractivity contribution >= 4 is 11.9 Å². The van der Waals surface area contributed by atoms with Crippen LogP contribution >= 0.6 is 0 Å². The fourth-order valence-electron chi connectivity index (χ4n) is 1.05. The Morgan fingerprint density at radius 2 is 1.94 bits per heavy atom. The summed E-state index contributed by atoms with van der Waals surface area (Å²) in [4.78, 5) is 24.7. The summed E-state index contributed by atoms with van der Waals surface area (Å²) in [5, 5.41) is 8.66. The molecule has 1 aromatic rings. The fourth-order valence-corrected chi connectivity index (χ4v) is 1.05. The van der Waals surface area contributed by atoms with Gasteiger partial charge in [0.15, 0.2) is 5.69 Å². The molecule has 0 radical (unpaired) electrons. The van der Waals surface area contributed by atoms with E-state index in [0.29, 0.717) is 12.1 Å². The quantitative estimate of drug-likeness (QED) is 0.805. The standard InChI is InChI=1S/C9H6F3NO4/c1-17-8(16)4-2-3-5(9(10,11)12)13-6(4)7(14)15/h2-3H,1H3,(H,14,15). The molecule has 8 heteroatoms. The molecule has 0 fully saturated rings. The first kappa shape index (κ1) is 12.9. The number of carboxylic acids is 1. The first-order valence-corrected chi connectivity index (χ1v) is 4.17. The van der Waals surface area contributed by atoms with Crippen LogP contribution in [0.4, 0.5) is 13.2 Å². The van der Waals surface area contributed by atoms with Gasteiger partial charge >= 0.3 is 18.1 Å². The van der Waals surface area contributed by atoms with Crippen LogP contribution < -0.4 is 0 Å². The Morgan fingerprint density at radius 3 is 2.35 bits per heavy atom. The predicted molar refractivity (Wildman–Crippen MR) is 47.5 cm³/mol. The molecule has 0 aromatic carbocycles. The van der Waals surface area contributed by atoms with Crippen LogP contribution in [0.1, 0.15) is 26.5 Å². The van der Waals surface area contributed by atoms with Crippen molar-refractivity contribution in [2.75, 3.05) is 7.11 Å². The Labute approximate surface area is 92.8 Å². The molecule has 1 aromatic heterocycles. The van der Waals surface area contributed by atoms with Crippen LogP contribution in [0.3, 0.4) is 0 Å². The summed E-state index contributed by atoms with van der Waals surface area (Å²) >= 11 is 0. The van der Waals surface area contributed by atoms with Gasteiger partial charge in [0.1, 0.15) is 5.69 Å². The van der Waals surface area contributed by atoms with Crippen LogP contribution in [-0.2, 0) is 10.9 Å². The monoisotopic (exact) mass is 249 g/mol. The number of esters is 1. The molecule has 1 N–H and O–H groups in total. The Balaban J connectivity index is 3.37. The highest BCUT2D eigenvalue weighted by Crippen LogP contribution is 2.28. The van der Waals surface area contributed by atoms with Gasteiger partial charge in [-0.1, -0.05) is 0 Å². The molecule has 0 saturated carbocycles. The second kappa shape index (κ2) is 4.40. The predicted octanol–water partition coefficient (Wildman–Crippen LogP) is 1.59. The second-order valence-corrected chi connectivity index (χ2v) is 2.89. The highest BCUT2D eigenvalue weighted by Gasteiger charge is 2.34. The zero-order valence-electron chi connectivity index (χ0n) is 8.41. The smallest absolute Gasteiger partial charge is 0.433 e. The van der Waals surface area contributed by atoms with Crippen molar-refractivity contribution < 1.29 is 32.6 Å². The molecule has 0 aliphatic rings. The molecule has 0 atom stereocenters. The number of methoxy groups -OCH3 is 1. The zero-order valence-corrected chi connectivity index (χ0v) is 8.41. The van der Waals surface area contributed by atoms with Crippen LogP contribution in [-0.4, -0.2) is 29.1 Å². The molecule has 17 heavy (non-hydrogen) atoms. The largest absolute Gasteiger partial charge is 0.476 e. The average Bonchev–Trinajstić information content (AvgIpc) is 2.25. The number of carboxylic acid groups (broad SMARTS) is 1. The molecule has 5 nitrogen and oxygen atoms in total. The summed E-state index contributed by atoms with van der Waals surface area (Å²) < 4.78 is 41.1. The van der Waals surface area contributed by atoms with Gasteiger partial charge in [-0.15, -0.1) is 0 Å². The summed E-state index contributed by atoms with van der Waals surface area (Å²) in [5.41, 5.74) is -2.91. The first-order valence-electron chi connectivity index (χ1n) is 4.17. The van der Waals surface area contributed by atoms with Crippen LogP contribution in [0.25, 0.3) is 0 Å². The molecule has 0 spiro atoms. The zero-order chi connectivity index (χ0) is 13.2. The van der Waals surface area contributed by atoms with Crippen molar-refractivity contribution in [3.63, 3.8) is 0 Å². The molecule has 1 rings (SSSR count). The molecule has 0 aliphatic heterocycles. The average molecular weight is 249 g/mol. The van der Waals surface area contributed by atoms with Crippen LogP contribution in [0.15, 0.2) is 12.1 Å². The lowest BCUT2D eigenvalue weighted by molar-refractivity contribution is -0.141. The van der Waals surface area contributed by atoms with Gasteiger partial charge in [0, 0.05) is 0 Å². The van der Waals surface area contributed by atoms with Gasteiger partial charge in [0.05, 0.1) is 12.7 Å². The van der Waals surface area contributed by atoms with E-state index in [4.69, 9.17) is 5.11 Å². The highest BCUT2D eigenvalue weighted by molar-refractivity contribution is 6.00. The summed E-state index contributed by atoms with van der Waals surface area (Å²) in [6.07, 6.45) is -4.78. The lowest BCUT2D eigenvalue weighted by Crippen LogP contribution is -2.17. The van der Waals surface area contributed by atoms with Crippen molar-refractivity contribution in [1.82, 2.24) is 4.98 Å². The maximum Gasteiger partial charge on any atom is 0.433 e. The summed E-state index contributed by atoms with van der Waals surface area (Å²) in [6, 6.07) is 1.23. The Hall–Kier alpha value is -2.12. The van der Waals surface area contributed by atoms with Crippen molar-refractivity contribution in [3.05, 3.63) is 29.1 Å². The highest BCUT2D eigenvalue weighted by atomic mass is 19.4. The van der Waals surface area contributed by atoms with Crippen LogP contribution in [0.5, 0.6) is 0 Å². The Kier molecular flexibility index (Phi) is 3.35. The van der Waals surface area contributed by atoms with Gasteiger partial charge in [-0.25, -0.2) is 14.6 Å². The molecular formula is C9H6F3NO4. The topological polar surface area (TPSA) is 76.5 Å².